The minimum absolute atomic E-state index is 0.199. The van der Waals surface area contributed by atoms with E-state index in [2.05, 4.69) is 31.5 Å². The summed E-state index contributed by atoms with van der Waals surface area (Å²) in [6.45, 7) is 5.74. The summed E-state index contributed by atoms with van der Waals surface area (Å²) in [5, 5.41) is 12.0. The van der Waals surface area contributed by atoms with Gasteiger partial charge >= 0.3 is 0 Å². The molecule has 0 spiro atoms. The Bertz CT molecular complexity index is 1550. The molecule has 0 saturated carbocycles. The maximum absolute atomic E-state index is 14.1. The number of carbonyl (C=O) groups is 1. The number of anilines is 1. The van der Waals surface area contributed by atoms with Gasteiger partial charge in [-0.25, -0.2) is 23.4 Å². The second kappa shape index (κ2) is 8.14. The number of aromatic nitrogens is 6. The van der Waals surface area contributed by atoms with Crippen LogP contribution in [0.15, 0.2) is 55.0 Å². The molecule has 8 nitrogen and oxygen atoms in total. The SMILES string of the molecule is Cc1ccc(-n2ncc3c(-n4nc(C)cc4NC(=O)c4c(F)cccc4F)ncnc32)c(C)c1. The zero-order chi connectivity index (χ0) is 24.0. The van der Waals surface area contributed by atoms with Crippen molar-refractivity contribution >= 4 is 22.8 Å². The molecular weight excluding hydrogens is 440 g/mol. The Kier molecular flexibility index (Phi) is 5.12. The molecule has 2 aromatic carbocycles. The van der Waals surface area contributed by atoms with Crippen molar-refractivity contribution in [3.05, 3.63) is 89.0 Å². The van der Waals surface area contributed by atoms with Crippen LogP contribution >= 0.6 is 0 Å². The Morgan fingerprint density at radius 2 is 1.74 bits per heavy atom. The molecule has 0 aliphatic heterocycles. The van der Waals surface area contributed by atoms with Crippen molar-refractivity contribution in [1.29, 1.82) is 0 Å². The van der Waals surface area contributed by atoms with Crippen LogP contribution in [0.2, 0.25) is 0 Å². The summed E-state index contributed by atoms with van der Waals surface area (Å²) in [7, 11) is 0. The van der Waals surface area contributed by atoms with Gasteiger partial charge in [0.15, 0.2) is 11.5 Å². The van der Waals surface area contributed by atoms with Crippen LogP contribution in [0.5, 0.6) is 0 Å². The van der Waals surface area contributed by atoms with Crippen molar-refractivity contribution in [1.82, 2.24) is 29.5 Å². The van der Waals surface area contributed by atoms with Crippen LogP contribution in [-0.4, -0.2) is 35.4 Å². The lowest BCUT2D eigenvalue weighted by Gasteiger charge is -2.10. The lowest BCUT2D eigenvalue weighted by molar-refractivity contribution is 0.101. The van der Waals surface area contributed by atoms with Gasteiger partial charge in [0.1, 0.15) is 29.3 Å². The number of aryl methyl sites for hydroxylation is 3. The summed E-state index contributed by atoms with van der Waals surface area (Å²) in [4.78, 5) is 21.4. The van der Waals surface area contributed by atoms with Crippen LogP contribution in [0.3, 0.4) is 0 Å². The van der Waals surface area contributed by atoms with Crippen molar-refractivity contribution in [3.63, 3.8) is 0 Å². The molecule has 10 heteroatoms. The van der Waals surface area contributed by atoms with E-state index in [-0.39, 0.29) is 5.82 Å². The first-order valence-electron chi connectivity index (χ1n) is 10.4. The van der Waals surface area contributed by atoms with Crippen molar-refractivity contribution in [2.75, 3.05) is 5.32 Å². The van der Waals surface area contributed by atoms with E-state index in [1.54, 1.807) is 23.9 Å². The maximum Gasteiger partial charge on any atom is 0.262 e. The van der Waals surface area contributed by atoms with E-state index < -0.39 is 23.1 Å². The fourth-order valence-electron chi connectivity index (χ4n) is 3.86. The number of benzene rings is 2. The summed E-state index contributed by atoms with van der Waals surface area (Å²) >= 11 is 0. The first kappa shape index (κ1) is 21.4. The fourth-order valence-corrected chi connectivity index (χ4v) is 3.86. The first-order chi connectivity index (χ1) is 16.3. The van der Waals surface area contributed by atoms with Gasteiger partial charge in [0, 0.05) is 6.07 Å². The third-order valence-electron chi connectivity index (χ3n) is 5.39. The molecule has 170 valence electrons. The third-order valence-corrected chi connectivity index (χ3v) is 5.39. The molecule has 1 N–H and O–H groups in total. The Morgan fingerprint density at radius 1 is 0.971 bits per heavy atom. The van der Waals surface area contributed by atoms with Gasteiger partial charge in [-0.3, -0.25) is 4.79 Å². The molecule has 5 aromatic rings. The van der Waals surface area contributed by atoms with Gasteiger partial charge < -0.3 is 5.32 Å². The molecule has 3 aromatic heterocycles. The molecule has 0 bridgehead atoms. The molecule has 0 unspecified atom stereocenters. The highest BCUT2D eigenvalue weighted by molar-refractivity contribution is 6.04. The first-order valence-corrected chi connectivity index (χ1v) is 10.4. The van der Waals surface area contributed by atoms with Crippen molar-refractivity contribution in [3.8, 4) is 11.5 Å². The van der Waals surface area contributed by atoms with Crippen LogP contribution in [-0.2, 0) is 0 Å². The number of carbonyl (C=O) groups excluding carboxylic acids is 1. The van der Waals surface area contributed by atoms with Crippen molar-refractivity contribution in [2.45, 2.75) is 20.8 Å². The molecule has 0 aliphatic carbocycles. The van der Waals surface area contributed by atoms with E-state index >= 15 is 0 Å². The standard InChI is InChI=1S/C24H19F2N7O/c1-13-7-8-19(14(2)9-13)32-22-16(11-29-32)23(28-12-27-22)33-20(10-15(3)31-33)30-24(34)21-17(25)5-4-6-18(21)26/h4-12H,1-3H3,(H,30,34). The lowest BCUT2D eigenvalue weighted by atomic mass is 10.1. The number of halogens is 2. The fraction of sp³-hybridized carbons (Fsp3) is 0.125. The van der Waals surface area contributed by atoms with Crippen LogP contribution < -0.4 is 5.32 Å². The van der Waals surface area contributed by atoms with E-state index in [1.807, 2.05) is 26.0 Å². The number of amides is 1. The van der Waals surface area contributed by atoms with Crippen LogP contribution in [0, 0.1) is 32.4 Å². The highest BCUT2D eigenvalue weighted by Gasteiger charge is 2.21. The highest BCUT2D eigenvalue weighted by atomic mass is 19.1. The Balaban J connectivity index is 1.59. The topological polar surface area (TPSA) is 90.5 Å². The van der Waals surface area contributed by atoms with Crippen LogP contribution in [0.4, 0.5) is 14.6 Å². The molecule has 0 saturated heterocycles. The highest BCUT2D eigenvalue weighted by Crippen LogP contribution is 2.26. The smallest absolute Gasteiger partial charge is 0.262 e. The van der Waals surface area contributed by atoms with Crippen LogP contribution in [0.1, 0.15) is 27.2 Å². The quantitative estimate of drug-likeness (QED) is 0.429. The predicted molar refractivity (Wildman–Crippen MR) is 122 cm³/mol. The number of hydrogen-bond donors (Lipinski definition) is 1. The molecular formula is C24H19F2N7O. The average molecular weight is 459 g/mol. The molecule has 0 aliphatic rings. The third kappa shape index (κ3) is 3.58. The lowest BCUT2D eigenvalue weighted by Crippen LogP contribution is -2.18. The predicted octanol–water partition coefficient (Wildman–Crippen LogP) is 4.46. The molecule has 0 atom stereocenters. The minimum Gasteiger partial charge on any atom is -0.306 e. The zero-order valence-electron chi connectivity index (χ0n) is 18.5. The molecule has 0 fully saturated rings. The summed E-state index contributed by atoms with van der Waals surface area (Å²) in [6.07, 6.45) is 2.99. The second-order valence-corrected chi connectivity index (χ2v) is 7.91. The number of fused-ring (bicyclic) bond motifs is 1. The van der Waals surface area contributed by atoms with Gasteiger partial charge in [-0.2, -0.15) is 14.9 Å². The van der Waals surface area contributed by atoms with Gasteiger partial charge in [-0.1, -0.05) is 23.8 Å². The van der Waals surface area contributed by atoms with Gasteiger partial charge in [0.2, 0.25) is 0 Å². The molecule has 1 amide bonds. The average Bonchev–Trinajstić information content (AvgIpc) is 3.37. The Labute approximate surface area is 192 Å². The normalized spacial score (nSPS) is 11.2. The van der Waals surface area contributed by atoms with Crippen LogP contribution in [0.25, 0.3) is 22.5 Å². The van der Waals surface area contributed by atoms with E-state index in [0.717, 1.165) is 28.9 Å². The van der Waals surface area contributed by atoms with Gasteiger partial charge in [-0.15, -0.1) is 0 Å². The Hall–Kier alpha value is -4.47. The van der Waals surface area contributed by atoms with E-state index in [9.17, 15) is 13.6 Å². The largest absolute Gasteiger partial charge is 0.306 e. The van der Waals surface area contributed by atoms with Gasteiger partial charge in [0.05, 0.1) is 23.0 Å². The van der Waals surface area contributed by atoms with E-state index in [4.69, 9.17) is 0 Å². The molecule has 5 rings (SSSR count). The summed E-state index contributed by atoms with van der Waals surface area (Å²) in [5.41, 5.74) is 3.46. The molecule has 3 heterocycles. The van der Waals surface area contributed by atoms with Gasteiger partial charge in [0.25, 0.3) is 5.91 Å². The summed E-state index contributed by atoms with van der Waals surface area (Å²) in [5.74, 6) is -2.30. The Morgan fingerprint density at radius 3 is 2.47 bits per heavy atom. The van der Waals surface area contributed by atoms with Gasteiger partial charge in [-0.05, 0) is 44.5 Å². The molecule has 0 radical (unpaired) electrons. The van der Waals surface area contributed by atoms with E-state index in [1.165, 1.54) is 17.1 Å². The minimum atomic E-state index is -0.959. The monoisotopic (exact) mass is 459 g/mol. The number of rotatable bonds is 4. The van der Waals surface area contributed by atoms with Crippen molar-refractivity contribution < 1.29 is 13.6 Å². The van der Waals surface area contributed by atoms with Crippen molar-refractivity contribution in [2.24, 2.45) is 0 Å². The zero-order valence-corrected chi connectivity index (χ0v) is 18.5. The summed E-state index contributed by atoms with van der Waals surface area (Å²) < 4.78 is 31.3. The molecule has 34 heavy (non-hydrogen) atoms. The number of hydrogen-bond acceptors (Lipinski definition) is 5. The number of nitrogens with one attached hydrogen (secondary N) is 1. The summed E-state index contributed by atoms with van der Waals surface area (Å²) in [6, 6.07) is 10.8. The maximum atomic E-state index is 14.1. The second-order valence-electron chi connectivity index (χ2n) is 7.91. The van der Waals surface area contributed by atoms with E-state index in [0.29, 0.717) is 22.5 Å². The number of nitrogens with zero attached hydrogens (tertiary/aromatic N) is 6.